The SMILES string of the molecule is Cc1ccc(-c2nc(NC3CCCC3)c3c(n2)C(=O)N(C)C(C)(C)N3)cc1. The second-order valence-electron chi connectivity index (χ2n) is 8.16. The van der Waals surface area contributed by atoms with Crippen LogP contribution in [-0.2, 0) is 0 Å². The van der Waals surface area contributed by atoms with Crippen LogP contribution in [0.2, 0.25) is 0 Å². The predicted molar refractivity (Wildman–Crippen MR) is 108 cm³/mol. The smallest absolute Gasteiger partial charge is 0.276 e. The molecule has 6 heteroatoms. The number of anilines is 2. The Morgan fingerprint density at radius 3 is 2.48 bits per heavy atom. The molecule has 0 radical (unpaired) electrons. The maximum absolute atomic E-state index is 13.0. The van der Waals surface area contributed by atoms with E-state index in [1.54, 1.807) is 11.9 Å². The highest BCUT2D eigenvalue weighted by atomic mass is 16.2. The van der Waals surface area contributed by atoms with E-state index in [1.807, 2.05) is 38.1 Å². The molecule has 1 amide bonds. The first-order chi connectivity index (χ1) is 12.8. The molecule has 2 N–H and O–H groups in total. The standard InChI is InChI=1S/C21H27N5O/c1-13-9-11-14(12-10-13)18-23-17-16(25-21(2,3)26(4)20(17)27)19(24-18)22-15-7-5-6-8-15/h9-12,15,25H,5-8H2,1-4H3,(H,22,23,24). The molecule has 27 heavy (non-hydrogen) atoms. The van der Waals surface area contributed by atoms with Crippen molar-refractivity contribution in [3.8, 4) is 11.4 Å². The maximum atomic E-state index is 13.0. The summed E-state index contributed by atoms with van der Waals surface area (Å²) in [6, 6.07) is 8.49. The van der Waals surface area contributed by atoms with Crippen LogP contribution in [0, 0.1) is 6.92 Å². The normalized spacial score (nSPS) is 19.0. The summed E-state index contributed by atoms with van der Waals surface area (Å²) in [7, 11) is 1.80. The first-order valence-electron chi connectivity index (χ1n) is 9.67. The zero-order valence-electron chi connectivity index (χ0n) is 16.5. The highest BCUT2D eigenvalue weighted by molar-refractivity contribution is 6.03. The molecule has 1 fully saturated rings. The Labute approximate surface area is 160 Å². The third-order valence-corrected chi connectivity index (χ3v) is 5.69. The van der Waals surface area contributed by atoms with Crippen molar-refractivity contribution in [1.82, 2.24) is 14.9 Å². The number of nitrogens with one attached hydrogen (secondary N) is 2. The van der Waals surface area contributed by atoms with Gasteiger partial charge in [0.2, 0.25) is 0 Å². The molecule has 142 valence electrons. The molecule has 6 nitrogen and oxygen atoms in total. The number of aryl methyl sites for hydroxylation is 1. The zero-order chi connectivity index (χ0) is 19.2. The van der Waals surface area contributed by atoms with Gasteiger partial charge < -0.3 is 15.5 Å². The number of benzene rings is 1. The molecule has 0 unspecified atom stereocenters. The Kier molecular flexibility index (Phi) is 4.29. The van der Waals surface area contributed by atoms with Crippen molar-refractivity contribution in [3.05, 3.63) is 35.5 Å². The zero-order valence-corrected chi connectivity index (χ0v) is 16.5. The number of amides is 1. The van der Waals surface area contributed by atoms with Gasteiger partial charge in [0.05, 0.1) is 0 Å². The number of hydrogen-bond donors (Lipinski definition) is 2. The molecule has 2 heterocycles. The summed E-state index contributed by atoms with van der Waals surface area (Å²) in [5, 5.41) is 7.04. The molecule has 0 bridgehead atoms. The van der Waals surface area contributed by atoms with Crippen LogP contribution in [0.5, 0.6) is 0 Å². The van der Waals surface area contributed by atoms with E-state index in [0.29, 0.717) is 23.2 Å². The Morgan fingerprint density at radius 1 is 1.15 bits per heavy atom. The van der Waals surface area contributed by atoms with Crippen molar-refractivity contribution >= 4 is 17.4 Å². The molecule has 1 aromatic carbocycles. The lowest BCUT2D eigenvalue weighted by Crippen LogP contribution is -2.54. The summed E-state index contributed by atoms with van der Waals surface area (Å²) in [6.45, 7) is 6.03. The minimum absolute atomic E-state index is 0.0843. The quantitative estimate of drug-likeness (QED) is 0.859. The van der Waals surface area contributed by atoms with E-state index in [2.05, 4.69) is 22.5 Å². The molecule has 1 aromatic heterocycles. The molecular formula is C21H27N5O. The van der Waals surface area contributed by atoms with Crippen LogP contribution >= 0.6 is 0 Å². The lowest BCUT2D eigenvalue weighted by Gasteiger charge is -2.42. The summed E-state index contributed by atoms with van der Waals surface area (Å²) in [5.41, 5.74) is 2.75. The largest absolute Gasteiger partial charge is 0.365 e. The van der Waals surface area contributed by atoms with Crippen LogP contribution in [0.25, 0.3) is 11.4 Å². The number of aromatic nitrogens is 2. The van der Waals surface area contributed by atoms with Gasteiger partial charge in [0.1, 0.15) is 11.4 Å². The van der Waals surface area contributed by atoms with Crippen LogP contribution < -0.4 is 10.6 Å². The van der Waals surface area contributed by atoms with E-state index in [-0.39, 0.29) is 5.91 Å². The van der Waals surface area contributed by atoms with Gasteiger partial charge in [-0.25, -0.2) is 9.97 Å². The molecule has 0 saturated heterocycles. The highest BCUT2D eigenvalue weighted by Crippen LogP contribution is 2.36. The second kappa shape index (κ2) is 6.51. The molecule has 4 rings (SSSR count). The summed E-state index contributed by atoms with van der Waals surface area (Å²) in [5.74, 6) is 1.23. The monoisotopic (exact) mass is 365 g/mol. The van der Waals surface area contributed by atoms with E-state index in [4.69, 9.17) is 4.98 Å². The molecule has 2 aliphatic rings. The minimum atomic E-state index is -0.495. The number of fused-ring (bicyclic) bond motifs is 1. The van der Waals surface area contributed by atoms with E-state index in [0.717, 1.165) is 24.2 Å². The van der Waals surface area contributed by atoms with Gasteiger partial charge in [-0.1, -0.05) is 42.7 Å². The van der Waals surface area contributed by atoms with Crippen LogP contribution in [0.3, 0.4) is 0 Å². The topological polar surface area (TPSA) is 70.2 Å². The van der Waals surface area contributed by atoms with E-state index in [1.165, 1.54) is 18.4 Å². The number of nitrogens with zero attached hydrogens (tertiary/aromatic N) is 3. The molecule has 0 spiro atoms. The summed E-state index contributed by atoms with van der Waals surface area (Å²) in [4.78, 5) is 24.2. The van der Waals surface area contributed by atoms with Gasteiger partial charge in [0, 0.05) is 18.7 Å². The second-order valence-corrected chi connectivity index (χ2v) is 8.16. The fourth-order valence-corrected chi connectivity index (χ4v) is 3.74. The number of carbonyl (C=O) groups is 1. The lowest BCUT2D eigenvalue weighted by molar-refractivity contribution is 0.0641. The Hall–Kier alpha value is -2.63. The Morgan fingerprint density at radius 2 is 1.81 bits per heavy atom. The van der Waals surface area contributed by atoms with Gasteiger partial charge in [-0.05, 0) is 33.6 Å². The molecule has 1 aliphatic carbocycles. The molecule has 1 aliphatic heterocycles. The molecular weight excluding hydrogens is 338 g/mol. The van der Waals surface area contributed by atoms with Crippen molar-refractivity contribution in [3.63, 3.8) is 0 Å². The third kappa shape index (κ3) is 3.24. The third-order valence-electron chi connectivity index (χ3n) is 5.69. The van der Waals surface area contributed by atoms with Crippen molar-refractivity contribution in [1.29, 1.82) is 0 Å². The van der Waals surface area contributed by atoms with Crippen LogP contribution in [0.15, 0.2) is 24.3 Å². The van der Waals surface area contributed by atoms with Crippen LogP contribution in [-0.4, -0.2) is 39.5 Å². The summed E-state index contributed by atoms with van der Waals surface area (Å²) >= 11 is 0. The van der Waals surface area contributed by atoms with Gasteiger partial charge in [-0.3, -0.25) is 4.79 Å². The van der Waals surface area contributed by atoms with Gasteiger partial charge in [0.15, 0.2) is 17.3 Å². The van der Waals surface area contributed by atoms with Gasteiger partial charge in [-0.15, -0.1) is 0 Å². The van der Waals surface area contributed by atoms with Crippen LogP contribution in [0.1, 0.15) is 55.6 Å². The Bertz CT molecular complexity index is 869. The van der Waals surface area contributed by atoms with Crippen molar-refractivity contribution < 1.29 is 4.79 Å². The minimum Gasteiger partial charge on any atom is -0.365 e. The van der Waals surface area contributed by atoms with Crippen LogP contribution in [0.4, 0.5) is 11.5 Å². The Balaban J connectivity index is 1.83. The van der Waals surface area contributed by atoms with E-state index in [9.17, 15) is 4.79 Å². The summed E-state index contributed by atoms with van der Waals surface area (Å²) in [6.07, 6.45) is 4.73. The first-order valence-corrected chi connectivity index (χ1v) is 9.67. The van der Waals surface area contributed by atoms with E-state index >= 15 is 0 Å². The molecule has 1 saturated carbocycles. The highest BCUT2D eigenvalue weighted by Gasteiger charge is 2.38. The van der Waals surface area contributed by atoms with Gasteiger partial charge >= 0.3 is 0 Å². The average molecular weight is 365 g/mol. The van der Waals surface area contributed by atoms with Crippen molar-refractivity contribution in [2.45, 2.75) is 58.2 Å². The number of rotatable bonds is 3. The first kappa shape index (κ1) is 17.8. The van der Waals surface area contributed by atoms with Crippen molar-refractivity contribution in [2.75, 3.05) is 17.7 Å². The van der Waals surface area contributed by atoms with Gasteiger partial charge in [-0.2, -0.15) is 0 Å². The number of carbonyl (C=O) groups excluding carboxylic acids is 1. The van der Waals surface area contributed by atoms with Gasteiger partial charge in [0.25, 0.3) is 5.91 Å². The lowest BCUT2D eigenvalue weighted by atomic mass is 10.1. The van der Waals surface area contributed by atoms with Crippen molar-refractivity contribution in [2.24, 2.45) is 0 Å². The summed E-state index contributed by atoms with van der Waals surface area (Å²) < 4.78 is 0. The molecule has 2 aromatic rings. The number of hydrogen-bond acceptors (Lipinski definition) is 5. The average Bonchev–Trinajstić information content (AvgIpc) is 3.14. The molecule has 0 atom stereocenters. The maximum Gasteiger partial charge on any atom is 0.276 e. The fourth-order valence-electron chi connectivity index (χ4n) is 3.74. The fraction of sp³-hybridized carbons (Fsp3) is 0.476. The van der Waals surface area contributed by atoms with E-state index < -0.39 is 5.66 Å². The predicted octanol–water partition coefficient (Wildman–Crippen LogP) is 4.04.